The zero-order chi connectivity index (χ0) is 24.9. The summed E-state index contributed by atoms with van der Waals surface area (Å²) in [6.07, 6.45) is 1.54. The van der Waals surface area contributed by atoms with Gasteiger partial charge in [-0.15, -0.1) is 10.2 Å². The Hall–Kier alpha value is -2.58. The van der Waals surface area contributed by atoms with Crippen molar-refractivity contribution in [2.24, 2.45) is 0 Å². The van der Waals surface area contributed by atoms with Crippen LogP contribution in [0.3, 0.4) is 0 Å². The zero-order valence-corrected chi connectivity index (χ0v) is 21.0. The number of rotatable bonds is 12. The molecule has 0 aliphatic rings. The Morgan fingerprint density at radius 1 is 1.15 bits per heavy atom. The molecule has 3 aromatic rings. The van der Waals surface area contributed by atoms with E-state index in [1.165, 1.54) is 38.1 Å². The van der Waals surface area contributed by atoms with Gasteiger partial charge in [0.15, 0.2) is 11.6 Å². The number of hydrogen-bond donors (Lipinski definition) is 1. The summed E-state index contributed by atoms with van der Waals surface area (Å²) in [4.78, 5) is 8.18. The lowest BCUT2D eigenvalue weighted by atomic mass is 10.2. The van der Waals surface area contributed by atoms with Crippen molar-refractivity contribution in [1.82, 2.24) is 24.7 Å². The largest absolute Gasteiger partial charge is 0.458 e. The van der Waals surface area contributed by atoms with E-state index in [4.69, 9.17) is 30.2 Å². The highest BCUT2D eigenvalue weighted by molar-refractivity contribution is 7.93. The summed E-state index contributed by atoms with van der Waals surface area (Å²) in [5.74, 6) is 1.49. The van der Waals surface area contributed by atoms with Crippen LogP contribution in [0.25, 0.3) is 11.6 Å². The lowest BCUT2D eigenvalue weighted by Crippen LogP contribution is -2.34. The Labute approximate surface area is 202 Å². The fourth-order valence-electron chi connectivity index (χ4n) is 3.29. The second-order valence-corrected chi connectivity index (χ2v) is 9.84. The molecule has 0 fully saturated rings. The number of aromatic nitrogens is 5. The van der Waals surface area contributed by atoms with Gasteiger partial charge in [-0.3, -0.25) is 9.29 Å². The minimum absolute atomic E-state index is 0.0502. The Morgan fingerprint density at radius 3 is 2.41 bits per heavy atom. The van der Waals surface area contributed by atoms with Crippen LogP contribution in [0.1, 0.15) is 37.3 Å². The molecule has 3 aromatic heterocycles. The zero-order valence-electron chi connectivity index (χ0n) is 19.4. The van der Waals surface area contributed by atoms with Crippen molar-refractivity contribution in [3.05, 3.63) is 41.1 Å². The van der Waals surface area contributed by atoms with Gasteiger partial charge in [0.05, 0.1) is 11.6 Å². The van der Waals surface area contributed by atoms with Crippen LogP contribution in [0.15, 0.2) is 28.9 Å². The van der Waals surface area contributed by atoms with Gasteiger partial charge in [0.1, 0.15) is 23.3 Å². The van der Waals surface area contributed by atoms with E-state index >= 15 is 0 Å². The van der Waals surface area contributed by atoms with Crippen LogP contribution in [0, 0.1) is 6.92 Å². The minimum Gasteiger partial charge on any atom is -0.458 e. The quantitative estimate of drug-likeness (QED) is 0.383. The Morgan fingerprint density at radius 2 is 1.85 bits per heavy atom. The van der Waals surface area contributed by atoms with Crippen LogP contribution in [-0.2, 0) is 24.2 Å². The molecule has 0 aliphatic carbocycles. The molecule has 3 rings (SSSR count). The molecule has 0 bridgehead atoms. The normalized spacial score (nSPS) is 14.6. The second kappa shape index (κ2) is 11.2. The van der Waals surface area contributed by atoms with Crippen LogP contribution >= 0.6 is 11.6 Å². The van der Waals surface area contributed by atoms with E-state index in [1.54, 1.807) is 26.2 Å². The third-order valence-electron chi connectivity index (χ3n) is 5.08. The maximum atomic E-state index is 13.3. The molecular formula is C20H27ClN6O6S. The highest BCUT2D eigenvalue weighted by Gasteiger charge is 2.35. The van der Waals surface area contributed by atoms with E-state index in [-0.39, 0.29) is 11.8 Å². The van der Waals surface area contributed by atoms with Crippen molar-refractivity contribution in [2.45, 2.75) is 37.9 Å². The van der Waals surface area contributed by atoms with Crippen molar-refractivity contribution < 1.29 is 27.0 Å². The van der Waals surface area contributed by atoms with E-state index < -0.39 is 27.6 Å². The van der Waals surface area contributed by atoms with Crippen molar-refractivity contribution in [3.63, 3.8) is 0 Å². The molecule has 0 aromatic carbocycles. The van der Waals surface area contributed by atoms with Gasteiger partial charge in [-0.05, 0) is 26.0 Å². The summed E-state index contributed by atoms with van der Waals surface area (Å²) in [5, 5.41) is 7.45. The van der Waals surface area contributed by atoms with Crippen molar-refractivity contribution in [2.75, 3.05) is 32.7 Å². The number of sulfonamides is 1. The third kappa shape index (κ3) is 5.73. The van der Waals surface area contributed by atoms with Gasteiger partial charge in [0.2, 0.25) is 21.8 Å². The summed E-state index contributed by atoms with van der Waals surface area (Å²) in [5.41, 5.74) is 0. The van der Waals surface area contributed by atoms with Gasteiger partial charge in [-0.25, -0.2) is 18.4 Å². The number of furan rings is 1. The highest BCUT2D eigenvalue weighted by Crippen LogP contribution is 2.31. The maximum Gasteiger partial charge on any atom is 0.240 e. The van der Waals surface area contributed by atoms with Crippen molar-refractivity contribution in [1.29, 1.82) is 0 Å². The van der Waals surface area contributed by atoms with Crippen molar-refractivity contribution >= 4 is 27.6 Å². The molecule has 0 saturated heterocycles. The van der Waals surface area contributed by atoms with E-state index in [2.05, 4.69) is 24.9 Å². The number of methoxy groups -OCH3 is 3. The van der Waals surface area contributed by atoms with Gasteiger partial charge in [-0.2, -0.15) is 0 Å². The number of halogens is 1. The molecule has 3 atom stereocenters. The van der Waals surface area contributed by atoms with E-state index in [0.29, 0.717) is 35.4 Å². The number of nitrogens with zero attached hydrogens (tertiary/aromatic N) is 5. The third-order valence-corrected chi connectivity index (χ3v) is 6.97. The number of aryl methyl sites for hydroxylation is 1. The fourth-order valence-corrected chi connectivity index (χ4v) is 4.52. The molecule has 1 N–H and O–H groups in total. The molecule has 1 unspecified atom stereocenters. The fraction of sp³-hybridized carbons (Fsp3) is 0.500. The van der Waals surface area contributed by atoms with Gasteiger partial charge in [-0.1, -0.05) is 11.6 Å². The lowest BCUT2D eigenvalue weighted by Gasteiger charge is -2.24. The SMILES string of the molecule is COCCC(OC)n1c(NS(=O)(=O)[C@@H](C)[C@H](OC)c2ncc(Cl)cn2)nnc1-c1ccc(C)o1. The standard InChI is InChI=1S/C20H27ClN6O6S/c1-12-6-7-15(33-12)19-24-25-20(27(19)16(31-4)8-9-30-3)26-34(28,29)13(2)17(32-5)18-22-10-14(21)11-23-18/h6-7,10-11,13,16-17H,8-9H2,1-5H3,(H,25,26)/t13-,16?,17-/m0/s1. The molecule has 186 valence electrons. The summed E-state index contributed by atoms with van der Waals surface area (Å²) in [6, 6.07) is 3.49. The number of nitrogens with one attached hydrogen (secondary N) is 1. The average molecular weight is 515 g/mol. The molecule has 12 nitrogen and oxygen atoms in total. The first-order valence-corrected chi connectivity index (χ1v) is 12.2. The van der Waals surface area contributed by atoms with Crippen molar-refractivity contribution in [3.8, 4) is 11.6 Å². The predicted molar refractivity (Wildman–Crippen MR) is 124 cm³/mol. The average Bonchev–Trinajstić information content (AvgIpc) is 3.42. The summed E-state index contributed by atoms with van der Waals surface area (Å²) in [6.45, 7) is 3.62. The number of ether oxygens (including phenoxy) is 3. The number of hydrogen-bond acceptors (Lipinski definition) is 10. The number of anilines is 1. The van der Waals surface area contributed by atoms with E-state index in [0.717, 1.165) is 0 Å². The molecule has 0 spiro atoms. The summed E-state index contributed by atoms with van der Waals surface area (Å²) >= 11 is 5.84. The van der Waals surface area contributed by atoms with Crippen LogP contribution in [-0.4, -0.2) is 66.3 Å². The molecule has 34 heavy (non-hydrogen) atoms. The lowest BCUT2D eigenvalue weighted by molar-refractivity contribution is 0.0187. The molecule has 14 heteroatoms. The van der Waals surface area contributed by atoms with Gasteiger partial charge in [0, 0.05) is 40.1 Å². The van der Waals surface area contributed by atoms with Gasteiger partial charge in [0.25, 0.3) is 0 Å². The van der Waals surface area contributed by atoms with E-state index in [9.17, 15) is 8.42 Å². The molecule has 0 saturated carbocycles. The Kier molecular flexibility index (Phi) is 8.60. The first-order valence-electron chi connectivity index (χ1n) is 10.3. The molecule has 0 radical (unpaired) electrons. The predicted octanol–water partition coefficient (Wildman–Crippen LogP) is 2.99. The minimum atomic E-state index is -4.06. The first-order chi connectivity index (χ1) is 16.2. The highest BCUT2D eigenvalue weighted by atomic mass is 35.5. The Bertz CT molecular complexity index is 1180. The molecule has 0 aliphatic heterocycles. The van der Waals surface area contributed by atoms with Crippen LogP contribution in [0.4, 0.5) is 5.95 Å². The van der Waals surface area contributed by atoms with E-state index in [1.807, 2.05) is 0 Å². The monoisotopic (exact) mass is 514 g/mol. The smallest absolute Gasteiger partial charge is 0.240 e. The molecule has 0 amide bonds. The second-order valence-electron chi connectivity index (χ2n) is 7.37. The molecular weight excluding hydrogens is 488 g/mol. The van der Waals surface area contributed by atoms with Crippen LogP contribution in [0.5, 0.6) is 0 Å². The van der Waals surface area contributed by atoms with Crippen LogP contribution in [0.2, 0.25) is 5.02 Å². The Balaban J connectivity index is 1.98. The topological polar surface area (TPSA) is 143 Å². The summed E-state index contributed by atoms with van der Waals surface area (Å²) in [7, 11) is 0.373. The molecule has 3 heterocycles. The van der Waals surface area contributed by atoms with Gasteiger partial charge < -0.3 is 18.6 Å². The maximum absolute atomic E-state index is 13.3. The summed E-state index contributed by atoms with van der Waals surface area (Å²) < 4.78 is 52.5. The first kappa shape index (κ1) is 26.0. The van der Waals surface area contributed by atoms with Crippen LogP contribution < -0.4 is 4.72 Å². The van der Waals surface area contributed by atoms with Gasteiger partial charge >= 0.3 is 0 Å².